The van der Waals surface area contributed by atoms with Gasteiger partial charge in [-0.2, -0.15) is 0 Å². The van der Waals surface area contributed by atoms with Gasteiger partial charge in [0.1, 0.15) is 6.10 Å². The topological polar surface area (TPSA) is 89.5 Å². The van der Waals surface area contributed by atoms with Crippen molar-refractivity contribution in [3.05, 3.63) is 35.9 Å². The minimum Gasteiger partial charge on any atom is -0.466 e. The summed E-state index contributed by atoms with van der Waals surface area (Å²) in [7, 11) is 0. The molecule has 1 aromatic rings. The number of carbonyl (C=O) groups is 2. The van der Waals surface area contributed by atoms with Gasteiger partial charge in [-0.3, -0.25) is 9.59 Å². The number of hydrogen-bond donors (Lipinski definition) is 0. The minimum atomic E-state index is -0.114. The molecular weight excluding hydrogens is 680 g/mol. The molecule has 0 fully saturated rings. The number of carbonyl (C=O) groups excluding carboxylic acids is 2. The van der Waals surface area contributed by atoms with Gasteiger partial charge in [0.15, 0.2) is 0 Å². The van der Waals surface area contributed by atoms with E-state index in [1.54, 1.807) is 0 Å². The summed E-state index contributed by atoms with van der Waals surface area (Å²) in [5.74, 6) is -0.102. The standard InChI is InChI=1S/C46H82O8/c1-3-5-7-9-11-18-28-36-53-45(47)32-24-15-13-17-26-34-49-41-44(42-51-39-38-50-40-43-30-22-21-23-31-43)52-35-27-20-14-16-25-33-46(48)54-37-29-19-12-10-8-6-4-2/h21-23,30-31,44H,3-20,24-29,32-42H2,1-2H3. The van der Waals surface area contributed by atoms with Crippen LogP contribution in [0.1, 0.15) is 186 Å². The number of hydrogen-bond acceptors (Lipinski definition) is 8. The van der Waals surface area contributed by atoms with E-state index in [-0.39, 0.29) is 18.0 Å². The predicted molar refractivity (Wildman–Crippen MR) is 221 cm³/mol. The first-order valence-corrected chi connectivity index (χ1v) is 22.4. The Balaban J connectivity index is 2.12. The van der Waals surface area contributed by atoms with Gasteiger partial charge in [-0.15, -0.1) is 0 Å². The summed E-state index contributed by atoms with van der Waals surface area (Å²) < 4.78 is 34.7. The second kappa shape index (κ2) is 40.7. The zero-order valence-electron chi connectivity index (χ0n) is 35.0. The number of esters is 2. The van der Waals surface area contributed by atoms with Crippen molar-refractivity contribution in [1.29, 1.82) is 0 Å². The van der Waals surface area contributed by atoms with E-state index in [1.807, 2.05) is 18.2 Å². The number of benzene rings is 1. The van der Waals surface area contributed by atoms with Crippen LogP contribution in [0.25, 0.3) is 0 Å². The summed E-state index contributed by atoms with van der Waals surface area (Å²) in [6.45, 7) is 9.59. The summed E-state index contributed by atoms with van der Waals surface area (Å²) in [4.78, 5) is 24.0. The highest BCUT2D eigenvalue weighted by atomic mass is 16.6. The summed E-state index contributed by atoms with van der Waals surface area (Å²) in [5, 5.41) is 0. The molecule has 1 atom stereocenters. The van der Waals surface area contributed by atoms with Crippen molar-refractivity contribution >= 4 is 11.9 Å². The van der Waals surface area contributed by atoms with Gasteiger partial charge in [0.2, 0.25) is 0 Å². The van der Waals surface area contributed by atoms with Crippen LogP contribution in [0.5, 0.6) is 0 Å². The molecular formula is C46H82O8. The quantitative estimate of drug-likeness (QED) is 0.0480. The third-order valence-corrected chi connectivity index (χ3v) is 9.66. The van der Waals surface area contributed by atoms with Gasteiger partial charge in [-0.1, -0.05) is 160 Å². The second-order valence-corrected chi connectivity index (χ2v) is 14.9. The van der Waals surface area contributed by atoms with Gasteiger partial charge in [-0.05, 0) is 44.1 Å². The molecule has 8 heteroatoms. The number of unbranched alkanes of at least 4 members (excludes halogenated alkanes) is 20. The molecule has 0 aromatic heterocycles. The Labute approximate surface area is 331 Å². The first kappa shape index (κ1) is 50.0. The Morgan fingerprint density at radius 2 is 0.852 bits per heavy atom. The average molecular weight is 763 g/mol. The molecule has 314 valence electrons. The van der Waals surface area contributed by atoms with Gasteiger partial charge in [-0.25, -0.2) is 0 Å². The lowest BCUT2D eigenvalue weighted by molar-refractivity contribution is -0.144. The highest BCUT2D eigenvalue weighted by Gasteiger charge is 2.11. The van der Waals surface area contributed by atoms with Gasteiger partial charge in [0.05, 0.1) is 46.2 Å². The molecule has 0 N–H and O–H groups in total. The van der Waals surface area contributed by atoms with Gasteiger partial charge in [0.25, 0.3) is 0 Å². The van der Waals surface area contributed by atoms with Crippen LogP contribution in [0, 0.1) is 0 Å². The highest BCUT2D eigenvalue weighted by molar-refractivity contribution is 5.69. The van der Waals surface area contributed by atoms with Gasteiger partial charge in [0, 0.05) is 26.1 Å². The lowest BCUT2D eigenvalue weighted by atomic mass is 10.1. The van der Waals surface area contributed by atoms with Crippen molar-refractivity contribution in [2.45, 2.75) is 193 Å². The Hall–Kier alpha value is -2.00. The maximum Gasteiger partial charge on any atom is 0.305 e. The van der Waals surface area contributed by atoms with Crippen LogP contribution in [0.15, 0.2) is 30.3 Å². The highest BCUT2D eigenvalue weighted by Crippen LogP contribution is 2.12. The van der Waals surface area contributed by atoms with E-state index in [2.05, 4.69) is 26.0 Å². The molecule has 0 saturated heterocycles. The van der Waals surface area contributed by atoms with E-state index < -0.39 is 0 Å². The summed E-state index contributed by atoms with van der Waals surface area (Å²) in [6, 6.07) is 10.2. The third kappa shape index (κ3) is 35.7. The van der Waals surface area contributed by atoms with E-state index in [4.69, 9.17) is 28.4 Å². The molecule has 54 heavy (non-hydrogen) atoms. The van der Waals surface area contributed by atoms with Crippen molar-refractivity contribution in [2.75, 3.05) is 52.9 Å². The molecule has 0 aliphatic rings. The van der Waals surface area contributed by atoms with Crippen LogP contribution in [0.2, 0.25) is 0 Å². The molecule has 0 aliphatic heterocycles. The van der Waals surface area contributed by atoms with Crippen molar-refractivity contribution in [1.82, 2.24) is 0 Å². The second-order valence-electron chi connectivity index (χ2n) is 14.9. The fourth-order valence-corrected chi connectivity index (χ4v) is 6.25. The van der Waals surface area contributed by atoms with Crippen LogP contribution in [0.3, 0.4) is 0 Å². The lowest BCUT2D eigenvalue weighted by Gasteiger charge is -2.18. The fraction of sp³-hybridized carbons (Fsp3) is 0.826. The van der Waals surface area contributed by atoms with Crippen LogP contribution in [-0.2, 0) is 44.6 Å². The molecule has 0 aliphatic carbocycles. The predicted octanol–water partition coefficient (Wildman–Crippen LogP) is 11.9. The largest absolute Gasteiger partial charge is 0.466 e. The Morgan fingerprint density at radius 1 is 0.444 bits per heavy atom. The molecule has 1 aromatic carbocycles. The molecule has 1 unspecified atom stereocenters. The maximum absolute atomic E-state index is 12.0. The first-order valence-electron chi connectivity index (χ1n) is 22.4. The van der Waals surface area contributed by atoms with E-state index in [1.165, 1.54) is 64.2 Å². The van der Waals surface area contributed by atoms with Crippen molar-refractivity contribution in [2.24, 2.45) is 0 Å². The Kier molecular flexibility index (Phi) is 37.7. The van der Waals surface area contributed by atoms with E-state index >= 15 is 0 Å². The third-order valence-electron chi connectivity index (χ3n) is 9.66. The molecule has 0 radical (unpaired) electrons. The van der Waals surface area contributed by atoms with Crippen molar-refractivity contribution < 1.29 is 38.0 Å². The molecule has 0 bridgehead atoms. The zero-order valence-corrected chi connectivity index (χ0v) is 35.0. The maximum atomic E-state index is 12.0. The summed E-state index contributed by atoms with van der Waals surface area (Å²) >= 11 is 0. The summed E-state index contributed by atoms with van der Waals surface area (Å²) in [5.41, 5.74) is 1.16. The lowest BCUT2D eigenvalue weighted by Crippen LogP contribution is -2.27. The van der Waals surface area contributed by atoms with Gasteiger partial charge < -0.3 is 28.4 Å². The van der Waals surface area contributed by atoms with Gasteiger partial charge >= 0.3 is 11.9 Å². The Morgan fingerprint density at radius 3 is 1.37 bits per heavy atom. The minimum absolute atomic E-state index is 0.0495. The molecule has 0 spiro atoms. The SMILES string of the molecule is CCCCCCCCCOC(=O)CCCCCCCOCC(COCCOCc1ccccc1)OCCCCCCCC(=O)OCCCCCCCCC. The zero-order chi connectivity index (χ0) is 38.8. The molecule has 0 amide bonds. The number of ether oxygens (including phenoxy) is 6. The first-order chi connectivity index (χ1) is 26.7. The van der Waals surface area contributed by atoms with Crippen molar-refractivity contribution in [3.8, 4) is 0 Å². The van der Waals surface area contributed by atoms with Crippen LogP contribution in [0.4, 0.5) is 0 Å². The van der Waals surface area contributed by atoms with Crippen molar-refractivity contribution in [3.63, 3.8) is 0 Å². The number of rotatable bonds is 42. The normalized spacial score (nSPS) is 11.9. The van der Waals surface area contributed by atoms with E-state index in [9.17, 15) is 9.59 Å². The monoisotopic (exact) mass is 763 g/mol. The van der Waals surface area contributed by atoms with E-state index in [0.29, 0.717) is 72.3 Å². The smallest absolute Gasteiger partial charge is 0.305 e. The Bertz CT molecular complexity index is 927. The molecule has 0 heterocycles. The average Bonchev–Trinajstić information content (AvgIpc) is 3.18. The van der Waals surface area contributed by atoms with Crippen LogP contribution >= 0.6 is 0 Å². The molecule has 8 nitrogen and oxygen atoms in total. The molecule has 1 rings (SSSR count). The van der Waals surface area contributed by atoms with Crippen LogP contribution < -0.4 is 0 Å². The summed E-state index contributed by atoms with van der Waals surface area (Å²) in [6.07, 6.45) is 28.3. The fourth-order valence-electron chi connectivity index (χ4n) is 6.25. The van der Waals surface area contributed by atoms with Crippen LogP contribution in [-0.4, -0.2) is 70.9 Å². The van der Waals surface area contributed by atoms with E-state index in [0.717, 1.165) is 95.5 Å². The molecule has 0 saturated carbocycles.